The van der Waals surface area contributed by atoms with Crippen LogP contribution in [0.25, 0.3) is 98.5 Å². The second-order valence-corrected chi connectivity index (χ2v) is 15.0. The fraction of sp³-hybridized carbons (Fsp3) is 0.0588. The summed E-state index contributed by atoms with van der Waals surface area (Å²) in [5.74, 6) is 0. The van der Waals surface area contributed by atoms with Crippen molar-refractivity contribution in [3.8, 4) is 44.5 Å². The van der Waals surface area contributed by atoms with Crippen molar-refractivity contribution in [2.45, 2.75) is 19.3 Å². The molecule has 1 aliphatic rings. The Bertz CT molecular complexity index is 3100. The number of benzene rings is 9. The van der Waals surface area contributed by atoms with Crippen molar-refractivity contribution >= 4 is 54.0 Å². The maximum atomic E-state index is 3.40. The van der Waals surface area contributed by atoms with E-state index in [1.165, 1.54) is 110 Å². The standard InChI is InChI=1S/C51H35N/c1-51(2)46-27-36(37-18-17-33-23-24-52-48(33)28-37)21-22-40(46)43-29-44-45(30-47(43)51)50(39-20-16-32-10-4-6-12-35(32)26-39)42-14-8-7-13-41(42)49(44)38-19-15-31-9-3-5-11-34(31)25-38/h3-30,52H,1-2H3. The van der Waals surface area contributed by atoms with Gasteiger partial charge in [0.15, 0.2) is 0 Å². The molecule has 11 rings (SSSR count). The van der Waals surface area contributed by atoms with Crippen LogP contribution in [0.4, 0.5) is 0 Å². The van der Waals surface area contributed by atoms with E-state index >= 15 is 0 Å². The highest BCUT2D eigenvalue weighted by molar-refractivity contribution is 6.23. The molecule has 0 fully saturated rings. The van der Waals surface area contributed by atoms with Crippen molar-refractivity contribution in [1.29, 1.82) is 0 Å². The van der Waals surface area contributed by atoms with Crippen LogP contribution in [0.3, 0.4) is 0 Å². The maximum Gasteiger partial charge on any atom is 0.0460 e. The molecule has 1 aromatic heterocycles. The van der Waals surface area contributed by atoms with Gasteiger partial charge in [-0.15, -0.1) is 0 Å². The van der Waals surface area contributed by atoms with E-state index in [0.717, 1.165) is 0 Å². The fourth-order valence-electron chi connectivity index (χ4n) is 9.12. The Morgan fingerprint density at radius 1 is 0.365 bits per heavy atom. The molecule has 0 radical (unpaired) electrons. The van der Waals surface area contributed by atoms with Gasteiger partial charge in [0.25, 0.3) is 0 Å². The third-order valence-corrected chi connectivity index (χ3v) is 11.8. The highest BCUT2D eigenvalue weighted by atomic mass is 14.7. The van der Waals surface area contributed by atoms with Crippen LogP contribution >= 0.6 is 0 Å². The van der Waals surface area contributed by atoms with E-state index in [0.29, 0.717) is 0 Å². The monoisotopic (exact) mass is 661 g/mol. The van der Waals surface area contributed by atoms with E-state index in [1.54, 1.807) is 0 Å². The third-order valence-electron chi connectivity index (χ3n) is 11.8. The second-order valence-electron chi connectivity index (χ2n) is 15.0. The Morgan fingerprint density at radius 2 is 0.885 bits per heavy atom. The van der Waals surface area contributed by atoms with Crippen molar-refractivity contribution in [3.05, 3.63) is 181 Å². The van der Waals surface area contributed by atoms with Crippen LogP contribution in [-0.4, -0.2) is 4.98 Å². The van der Waals surface area contributed by atoms with Crippen LogP contribution < -0.4 is 0 Å². The topological polar surface area (TPSA) is 15.8 Å². The number of hydrogen-bond acceptors (Lipinski definition) is 0. The lowest BCUT2D eigenvalue weighted by Crippen LogP contribution is -2.15. The van der Waals surface area contributed by atoms with Gasteiger partial charge >= 0.3 is 0 Å². The largest absolute Gasteiger partial charge is 0.361 e. The number of fused-ring (bicyclic) bond motifs is 8. The zero-order valence-electron chi connectivity index (χ0n) is 29.2. The van der Waals surface area contributed by atoms with Gasteiger partial charge in [-0.1, -0.05) is 135 Å². The minimum Gasteiger partial charge on any atom is -0.361 e. The minimum absolute atomic E-state index is 0.180. The third kappa shape index (κ3) is 4.23. The van der Waals surface area contributed by atoms with E-state index in [4.69, 9.17) is 0 Å². The number of rotatable bonds is 3. The molecule has 1 heterocycles. The first kappa shape index (κ1) is 29.3. The van der Waals surface area contributed by atoms with Gasteiger partial charge in [-0.3, -0.25) is 0 Å². The van der Waals surface area contributed by atoms with Gasteiger partial charge in [-0.25, -0.2) is 0 Å². The zero-order valence-corrected chi connectivity index (χ0v) is 29.2. The molecule has 9 aromatic carbocycles. The summed E-state index contributed by atoms with van der Waals surface area (Å²) in [6, 6.07) is 61.4. The summed E-state index contributed by atoms with van der Waals surface area (Å²) in [6.45, 7) is 4.81. The SMILES string of the molecule is CC1(C)c2cc(-c3ccc4cc[nH]c4c3)ccc2-c2cc3c(-c4ccc5ccccc5c4)c4ccccc4c(-c4ccc5ccccc5c4)c3cc21. The zero-order chi connectivity index (χ0) is 34.6. The summed E-state index contributed by atoms with van der Waals surface area (Å²) < 4.78 is 0. The Kier molecular flexibility index (Phi) is 6.08. The number of hydrogen-bond donors (Lipinski definition) is 1. The fourth-order valence-corrected chi connectivity index (χ4v) is 9.12. The maximum absolute atomic E-state index is 3.40. The van der Waals surface area contributed by atoms with Gasteiger partial charge in [0.1, 0.15) is 0 Å². The quantitative estimate of drug-likeness (QED) is 0.181. The molecule has 52 heavy (non-hydrogen) atoms. The van der Waals surface area contributed by atoms with Crippen LogP contribution in [0.2, 0.25) is 0 Å². The Labute approximate surface area is 302 Å². The van der Waals surface area contributed by atoms with Crippen LogP contribution in [0.15, 0.2) is 170 Å². The van der Waals surface area contributed by atoms with Gasteiger partial charge in [-0.2, -0.15) is 0 Å². The summed E-state index contributed by atoms with van der Waals surface area (Å²) in [7, 11) is 0. The number of H-pyrrole nitrogens is 1. The average molecular weight is 662 g/mol. The molecule has 0 atom stereocenters. The minimum atomic E-state index is -0.180. The van der Waals surface area contributed by atoms with Crippen LogP contribution in [-0.2, 0) is 5.41 Å². The predicted molar refractivity (Wildman–Crippen MR) is 222 cm³/mol. The summed E-state index contributed by atoms with van der Waals surface area (Å²) in [5, 5.41) is 11.4. The highest BCUT2D eigenvalue weighted by Gasteiger charge is 2.37. The average Bonchev–Trinajstić information content (AvgIpc) is 3.75. The predicted octanol–water partition coefficient (Wildman–Crippen LogP) is 14.1. The molecule has 0 aliphatic heterocycles. The van der Waals surface area contributed by atoms with E-state index in [9.17, 15) is 0 Å². The molecule has 10 aromatic rings. The molecule has 0 amide bonds. The van der Waals surface area contributed by atoms with E-state index in [-0.39, 0.29) is 5.41 Å². The first-order valence-corrected chi connectivity index (χ1v) is 18.2. The van der Waals surface area contributed by atoms with Gasteiger partial charge in [0.2, 0.25) is 0 Å². The molecule has 0 unspecified atom stereocenters. The van der Waals surface area contributed by atoms with Crippen molar-refractivity contribution < 1.29 is 0 Å². The smallest absolute Gasteiger partial charge is 0.0460 e. The number of aromatic nitrogens is 1. The van der Waals surface area contributed by atoms with Gasteiger partial charge in [0.05, 0.1) is 0 Å². The van der Waals surface area contributed by atoms with Crippen LogP contribution in [0.1, 0.15) is 25.0 Å². The second kappa shape index (κ2) is 10.8. The first-order valence-electron chi connectivity index (χ1n) is 18.2. The molecule has 1 aliphatic carbocycles. The van der Waals surface area contributed by atoms with Gasteiger partial charge < -0.3 is 4.98 Å². The lowest BCUT2D eigenvalue weighted by Gasteiger charge is -2.24. The number of nitrogens with one attached hydrogen (secondary N) is 1. The lowest BCUT2D eigenvalue weighted by atomic mass is 9.79. The molecule has 0 saturated carbocycles. The Hall–Kier alpha value is -6.44. The Morgan fingerprint density at radius 3 is 1.56 bits per heavy atom. The number of aromatic amines is 1. The van der Waals surface area contributed by atoms with Crippen molar-refractivity contribution in [2.75, 3.05) is 0 Å². The van der Waals surface area contributed by atoms with Crippen molar-refractivity contribution in [3.63, 3.8) is 0 Å². The molecule has 1 heteroatoms. The molecule has 0 spiro atoms. The van der Waals surface area contributed by atoms with E-state index < -0.39 is 0 Å². The Balaban J connectivity index is 1.22. The van der Waals surface area contributed by atoms with Crippen LogP contribution in [0, 0.1) is 0 Å². The van der Waals surface area contributed by atoms with Crippen LogP contribution in [0.5, 0.6) is 0 Å². The van der Waals surface area contributed by atoms with Crippen molar-refractivity contribution in [1.82, 2.24) is 4.98 Å². The molecular weight excluding hydrogens is 627 g/mol. The van der Waals surface area contributed by atoms with E-state index in [1.807, 2.05) is 6.20 Å². The van der Waals surface area contributed by atoms with Crippen molar-refractivity contribution in [2.24, 2.45) is 0 Å². The first-order chi connectivity index (χ1) is 25.5. The summed E-state index contributed by atoms with van der Waals surface area (Å²) >= 11 is 0. The molecule has 1 N–H and O–H groups in total. The van der Waals surface area contributed by atoms with Gasteiger partial charge in [0, 0.05) is 17.1 Å². The molecule has 244 valence electrons. The molecule has 0 bridgehead atoms. The molecule has 0 saturated heterocycles. The molecular formula is C51H35N. The normalized spacial score (nSPS) is 13.3. The van der Waals surface area contributed by atoms with E-state index in [2.05, 4.69) is 183 Å². The van der Waals surface area contributed by atoms with Gasteiger partial charge in [-0.05, 0) is 147 Å². The summed E-state index contributed by atoms with van der Waals surface area (Å²) in [4.78, 5) is 3.40. The summed E-state index contributed by atoms with van der Waals surface area (Å²) in [5.41, 5.74) is 14.0. The lowest BCUT2D eigenvalue weighted by molar-refractivity contribution is 0.661. The molecule has 1 nitrogen and oxygen atoms in total. The highest BCUT2D eigenvalue weighted by Crippen LogP contribution is 2.54. The summed E-state index contributed by atoms with van der Waals surface area (Å²) in [6.07, 6.45) is 2.02.